The Morgan fingerprint density at radius 1 is 1.10 bits per heavy atom. The second-order valence-corrected chi connectivity index (χ2v) is 5.48. The maximum atomic E-state index is 11.7. The van der Waals surface area contributed by atoms with Crippen molar-refractivity contribution in [2.75, 3.05) is 6.61 Å². The Balaban J connectivity index is 1.99. The molecule has 21 heavy (non-hydrogen) atoms. The number of fused-ring (bicyclic) bond motifs is 1. The van der Waals surface area contributed by atoms with Crippen molar-refractivity contribution in [3.63, 3.8) is 0 Å². The van der Waals surface area contributed by atoms with Crippen molar-refractivity contribution >= 4 is 16.9 Å². The van der Waals surface area contributed by atoms with E-state index in [4.69, 9.17) is 4.74 Å². The Morgan fingerprint density at radius 2 is 1.90 bits per heavy atom. The molecule has 2 aromatic rings. The number of rotatable bonds is 8. The monoisotopic (exact) mass is 287 g/mol. The predicted molar refractivity (Wildman–Crippen MR) is 86.7 cm³/mol. The van der Waals surface area contributed by atoms with Gasteiger partial charge in [-0.15, -0.1) is 0 Å². The molecule has 0 bridgehead atoms. The maximum absolute atomic E-state index is 11.7. The summed E-state index contributed by atoms with van der Waals surface area (Å²) < 4.78 is 5.03. The normalized spacial score (nSPS) is 11.0. The fourth-order valence-corrected chi connectivity index (χ4v) is 2.58. The summed E-state index contributed by atoms with van der Waals surface area (Å²) in [7, 11) is 0. The second kappa shape index (κ2) is 7.87. The van der Waals surface area contributed by atoms with Crippen LogP contribution in [0, 0.1) is 0 Å². The van der Waals surface area contributed by atoms with Crippen LogP contribution in [0.15, 0.2) is 24.3 Å². The number of unbranched alkanes of at least 4 members (excludes halogenated alkanes) is 4. The fourth-order valence-electron chi connectivity index (χ4n) is 2.58. The standard InChI is InChI=1S/C18H25NO2/c1-3-5-6-7-8-9-16-12-14-10-11-15(13-17(14)19-16)18(20)21-4-2/h10-13,19H,3-9H2,1-2H3. The molecule has 0 amide bonds. The molecule has 3 nitrogen and oxygen atoms in total. The van der Waals surface area contributed by atoms with E-state index in [1.165, 1.54) is 37.8 Å². The van der Waals surface area contributed by atoms with Gasteiger partial charge in [0.25, 0.3) is 0 Å². The molecule has 0 aliphatic heterocycles. The largest absolute Gasteiger partial charge is 0.462 e. The number of hydrogen-bond donors (Lipinski definition) is 1. The first-order valence-corrected chi connectivity index (χ1v) is 8.03. The van der Waals surface area contributed by atoms with Crippen molar-refractivity contribution in [3.05, 3.63) is 35.5 Å². The average Bonchev–Trinajstić information content (AvgIpc) is 2.89. The highest BCUT2D eigenvalue weighted by Gasteiger charge is 2.08. The van der Waals surface area contributed by atoms with Crippen LogP contribution in [0.4, 0.5) is 0 Å². The van der Waals surface area contributed by atoms with E-state index < -0.39 is 0 Å². The van der Waals surface area contributed by atoms with E-state index in [0.717, 1.165) is 17.3 Å². The minimum Gasteiger partial charge on any atom is -0.462 e. The third-order valence-corrected chi connectivity index (χ3v) is 3.74. The number of aryl methyl sites for hydroxylation is 1. The third kappa shape index (κ3) is 4.35. The molecule has 3 heteroatoms. The highest BCUT2D eigenvalue weighted by Crippen LogP contribution is 2.19. The molecule has 0 radical (unpaired) electrons. The molecule has 1 aromatic carbocycles. The van der Waals surface area contributed by atoms with Crippen molar-refractivity contribution in [1.29, 1.82) is 0 Å². The van der Waals surface area contributed by atoms with Crippen molar-refractivity contribution < 1.29 is 9.53 Å². The molecule has 1 heterocycles. The minimum absolute atomic E-state index is 0.255. The number of esters is 1. The molecule has 0 fully saturated rings. The number of ether oxygens (including phenoxy) is 1. The summed E-state index contributed by atoms with van der Waals surface area (Å²) in [5.41, 5.74) is 2.88. The van der Waals surface area contributed by atoms with Gasteiger partial charge in [0.1, 0.15) is 0 Å². The topological polar surface area (TPSA) is 42.1 Å². The summed E-state index contributed by atoms with van der Waals surface area (Å²) in [6.07, 6.45) is 7.52. The number of H-pyrrole nitrogens is 1. The van der Waals surface area contributed by atoms with E-state index in [9.17, 15) is 4.79 Å². The van der Waals surface area contributed by atoms with Crippen molar-refractivity contribution in [3.8, 4) is 0 Å². The zero-order chi connectivity index (χ0) is 15.1. The van der Waals surface area contributed by atoms with Crippen LogP contribution in [0.5, 0.6) is 0 Å². The lowest BCUT2D eigenvalue weighted by Crippen LogP contribution is -2.03. The Morgan fingerprint density at radius 3 is 2.67 bits per heavy atom. The quantitative estimate of drug-likeness (QED) is 0.556. The lowest BCUT2D eigenvalue weighted by atomic mass is 10.1. The highest BCUT2D eigenvalue weighted by molar-refractivity contribution is 5.94. The van der Waals surface area contributed by atoms with Crippen molar-refractivity contribution in [1.82, 2.24) is 4.98 Å². The van der Waals surface area contributed by atoms with E-state index in [1.54, 1.807) is 0 Å². The number of carbonyl (C=O) groups is 1. The van der Waals surface area contributed by atoms with Gasteiger partial charge in [-0.25, -0.2) is 4.79 Å². The smallest absolute Gasteiger partial charge is 0.338 e. The van der Waals surface area contributed by atoms with E-state index in [-0.39, 0.29) is 5.97 Å². The summed E-state index contributed by atoms with van der Waals surface area (Å²) in [6.45, 7) is 4.46. The van der Waals surface area contributed by atoms with E-state index in [2.05, 4.69) is 18.0 Å². The van der Waals surface area contributed by atoms with Crippen LogP contribution in [0.2, 0.25) is 0 Å². The van der Waals surface area contributed by atoms with Gasteiger partial charge < -0.3 is 9.72 Å². The first-order valence-electron chi connectivity index (χ1n) is 8.03. The summed E-state index contributed by atoms with van der Waals surface area (Å²) in [4.78, 5) is 15.1. The molecule has 1 N–H and O–H groups in total. The Hall–Kier alpha value is -1.77. The summed E-state index contributed by atoms with van der Waals surface area (Å²) in [5.74, 6) is -0.255. The molecule has 114 valence electrons. The molecule has 0 atom stereocenters. The van der Waals surface area contributed by atoms with Gasteiger partial charge in [-0.1, -0.05) is 38.7 Å². The van der Waals surface area contributed by atoms with Crippen LogP contribution in [-0.2, 0) is 11.2 Å². The number of nitrogens with one attached hydrogen (secondary N) is 1. The predicted octanol–water partition coefficient (Wildman–Crippen LogP) is 4.86. The molecule has 0 aliphatic rings. The summed E-state index contributed by atoms with van der Waals surface area (Å²) in [6, 6.07) is 7.88. The van der Waals surface area contributed by atoms with Gasteiger partial charge in [0.15, 0.2) is 0 Å². The number of aromatic nitrogens is 1. The fraction of sp³-hybridized carbons (Fsp3) is 0.500. The van der Waals surface area contributed by atoms with E-state index in [0.29, 0.717) is 12.2 Å². The number of benzene rings is 1. The van der Waals surface area contributed by atoms with Gasteiger partial charge >= 0.3 is 5.97 Å². The van der Waals surface area contributed by atoms with Gasteiger partial charge in [0, 0.05) is 11.2 Å². The molecule has 2 rings (SSSR count). The zero-order valence-electron chi connectivity index (χ0n) is 13.1. The molecule has 0 unspecified atom stereocenters. The van der Waals surface area contributed by atoms with Gasteiger partial charge in [-0.3, -0.25) is 0 Å². The van der Waals surface area contributed by atoms with Crippen LogP contribution < -0.4 is 0 Å². The highest BCUT2D eigenvalue weighted by atomic mass is 16.5. The molecule has 1 aromatic heterocycles. The summed E-state index contributed by atoms with van der Waals surface area (Å²) >= 11 is 0. The molecule has 0 saturated carbocycles. The minimum atomic E-state index is -0.255. The van der Waals surface area contributed by atoms with Gasteiger partial charge in [0.2, 0.25) is 0 Å². The van der Waals surface area contributed by atoms with Crippen LogP contribution in [0.3, 0.4) is 0 Å². The Labute approximate surface area is 126 Å². The third-order valence-electron chi connectivity index (χ3n) is 3.74. The van der Waals surface area contributed by atoms with Crippen LogP contribution in [0.25, 0.3) is 10.9 Å². The number of carbonyl (C=O) groups excluding carboxylic acids is 1. The van der Waals surface area contributed by atoms with Gasteiger partial charge in [-0.2, -0.15) is 0 Å². The number of hydrogen-bond acceptors (Lipinski definition) is 2. The average molecular weight is 287 g/mol. The first-order chi connectivity index (χ1) is 10.2. The van der Waals surface area contributed by atoms with Crippen LogP contribution >= 0.6 is 0 Å². The van der Waals surface area contributed by atoms with Crippen molar-refractivity contribution in [2.24, 2.45) is 0 Å². The van der Waals surface area contributed by atoms with Crippen LogP contribution in [-0.4, -0.2) is 17.6 Å². The molecular weight excluding hydrogens is 262 g/mol. The van der Waals surface area contributed by atoms with Gasteiger partial charge in [-0.05, 0) is 43.4 Å². The SMILES string of the molecule is CCCCCCCc1cc2ccc(C(=O)OCC)cc2[nH]1. The van der Waals surface area contributed by atoms with Crippen molar-refractivity contribution in [2.45, 2.75) is 52.4 Å². The number of aromatic amines is 1. The molecule has 0 aliphatic carbocycles. The lowest BCUT2D eigenvalue weighted by Gasteiger charge is -2.01. The molecule has 0 spiro atoms. The Bertz CT molecular complexity index is 586. The summed E-state index contributed by atoms with van der Waals surface area (Å²) in [5, 5.41) is 1.16. The molecular formula is C18H25NO2. The second-order valence-electron chi connectivity index (χ2n) is 5.48. The molecule has 0 saturated heterocycles. The maximum Gasteiger partial charge on any atom is 0.338 e. The lowest BCUT2D eigenvalue weighted by molar-refractivity contribution is 0.0526. The van der Waals surface area contributed by atoms with E-state index >= 15 is 0 Å². The van der Waals surface area contributed by atoms with Crippen LogP contribution in [0.1, 0.15) is 62.0 Å². The Kier molecular flexibility index (Phi) is 5.85. The first kappa shape index (κ1) is 15.6. The van der Waals surface area contributed by atoms with E-state index in [1.807, 2.05) is 25.1 Å². The zero-order valence-corrected chi connectivity index (χ0v) is 13.1. The van der Waals surface area contributed by atoms with Gasteiger partial charge in [0.05, 0.1) is 12.2 Å².